The van der Waals surface area contributed by atoms with Gasteiger partial charge < -0.3 is 5.32 Å². The monoisotopic (exact) mass is 395 g/mol. The van der Waals surface area contributed by atoms with Gasteiger partial charge in [0.2, 0.25) is 5.82 Å². The number of alkyl halides is 3. The Hall–Kier alpha value is -2.94. The van der Waals surface area contributed by atoms with Crippen LogP contribution < -0.4 is 5.32 Å². The maximum atomic E-state index is 12.9. The predicted molar refractivity (Wildman–Crippen MR) is 93.0 cm³/mol. The van der Waals surface area contributed by atoms with Crippen LogP contribution in [0.15, 0.2) is 48.5 Å². The molecule has 1 atom stereocenters. The summed E-state index contributed by atoms with van der Waals surface area (Å²) in [7, 11) is 0. The number of benzene rings is 2. The van der Waals surface area contributed by atoms with E-state index in [9.17, 15) is 18.0 Å². The third-order valence-electron chi connectivity index (χ3n) is 3.73. The van der Waals surface area contributed by atoms with Gasteiger partial charge in [-0.15, -0.1) is 10.2 Å². The van der Waals surface area contributed by atoms with Crippen LogP contribution in [0.1, 0.15) is 18.5 Å². The van der Waals surface area contributed by atoms with Gasteiger partial charge in [-0.2, -0.15) is 18.0 Å². The van der Waals surface area contributed by atoms with Crippen LogP contribution >= 0.6 is 11.6 Å². The Kier molecular flexibility index (Phi) is 5.13. The standard InChI is InChI=1S/C17H13ClF3N5O/c1-10(26-24-15(23-25-26)11-5-3-2-4-6-11)16(27)22-12-7-8-14(18)13(9-12)17(19,20)21/h2-10H,1H3,(H,22,27)/t10-/m1/s1. The lowest BCUT2D eigenvalue weighted by molar-refractivity contribution is -0.137. The fourth-order valence-electron chi connectivity index (χ4n) is 2.26. The molecule has 2 aromatic carbocycles. The van der Waals surface area contributed by atoms with E-state index in [2.05, 4.69) is 20.7 Å². The van der Waals surface area contributed by atoms with Crippen LogP contribution in [0.3, 0.4) is 0 Å². The summed E-state index contributed by atoms with van der Waals surface area (Å²) in [5.74, 6) is -0.261. The summed E-state index contributed by atoms with van der Waals surface area (Å²) in [5, 5.41) is 13.8. The third-order valence-corrected chi connectivity index (χ3v) is 4.05. The molecular formula is C17H13ClF3N5O. The van der Waals surface area contributed by atoms with E-state index in [1.165, 1.54) is 13.0 Å². The number of rotatable bonds is 4. The molecule has 1 aromatic heterocycles. The molecule has 0 aliphatic carbocycles. The Labute approximate surface area is 157 Å². The number of carbonyl (C=O) groups is 1. The van der Waals surface area contributed by atoms with Crippen LogP contribution in [0, 0.1) is 0 Å². The smallest absolute Gasteiger partial charge is 0.324 e. The molecular weight excluding hydrogens is 383 g/mol. The highest BCUT2D eigenvalue weighted by Crippen LogP contribution is 2.36. The molecule has 10 heteroatoms. The zero-order valence-corrected chi connectivity index (χ0v) is 14.7. The number of carbonyl (C=O) groups excluding carboxylic acids is 1. The Bertz CT molecular complexity index is 959. The lowest BCUT2D eigenvalue weighted by Crippen LogP contribution is -2.25. The molecule has 0 saturated heterocycles. The van der Waals surface area contributed by atoms with Crippen molar-refractivity contribution in [2.45, 2.75) is 19.1 Å². The second kappa shape index (κ2) is 7.36. The van der Waals surface area contributed by atoms with Crippen LogP contribution in [0.4, 0.5) is 18.9 Å². The minimum absolute atomic E-state index is 0.0352. The Morgan fingerprint density at radius 3 is 2.56 bits per heavy atom. The number of nitrogens with zero attached hydrogens (tertiary/aromatic N) is 4. The Balaban J connectivity index is 1.76. The average Bonchev–Trinajstić information content (AvgIpc) is 3.12. The predicted octanol–water partition coefficient (Wildman–Crippen LogP) is 4.21. The van der Waals surface area contributed by atoms with E-state index in [1.807, 2.05) is 18.2 Å². The van der Waals surface area contributed by atoms with Gasteiger partial charge in [0.1, 0.15) is 6.04 Å². The van der Waals surface area contributed by atoms with Crippen molar-refractivity contribution in [1.82, 2.24) is 20.2 Å². The maximum Gasteiger partial charge on any atom is 0.417 e. The van der Waals surface area contributed by atoms with E-state index < -0.39 is 28.7 Å². The molecule has 0 saturated carbocycles. The largest absolute Gasteiger partial charge is 0.417 e. The highest BCUT2D eigenvalue weighted by atomic mass is 35.5. The van der Waals surface area contributed by atoms with E-state index in [0.717, 1.165) is 22.5 Å². The number of nitrogens with one attached hydrogen (secondary N) is 1. The highest BCUT2D eigenvalue weighted by Gasteiger charge is 2.33. The van der Waals surface area contributed by atoms with Gasteiger partial charge in [-0.25, -0.2) is 0 Å². The van der Waals surface area contributed by atoms with E-state index in [1.54, 1.807) is 12.1 Å². The quantitative estimate of drug-likeness (QED) is 0.718. The van der Waals surface area contributed by atoms with Crippen LogP contribution in [0.2, 0.25) is 5.02 Å². The fourth-order valence-corrected chi connectivity index (χ4v) is 2.49. The zero-order chi connectivity index (χ0) is 19.6. The van der Waals surface area contributed by atoms with Crippen LogP contribution in [0.25, 0.3) is 11.4 Å². The highest BCUT2D eigenvalue weighted by molar-refractivity contribution is 6.31. The van der Waals surface area contributed by atoms with Gasteiger partial charge in [-0.3, -0.25) is 4.79 Å². The van der Waals surface area contributed by atoms with Gasteiger partial charge in [-0.05, 0) is 30.3 Å². The molecule has 1 N–H and O–H groups in total. The summed E-state index contributed by atoms with van der Waals surface area (Å²) in [6.45, 7) is 1.51. The molecule has 27 heavy (non-hydrogen) atoms. The van der Waals surface area contributed by atoms with Crippen LogP contribution in [-0.2, 0) is 11.0 Å². The van der Waals surface area contributed by atoms with Crippen molar-refractivity contribution in [2.75, 3.05) is 5.32 Å². The van der Waals surface area contributed by atoms with Crippen molar-refractivity contribution >= 4 is 23.2 Å². The van der Waals surface area contributed by atoms with Crippen molar-refractivity contribution in [3.63, 3.8) is 0 Å². The number of hydrogen-bond acceptors (Lipinski definition) is 4. The second-order valence-corrected chi connectivity index (χ2v) is 6.06. The first kappa shape index (κ1) is 18.8. The van der Waals surface area contributed by atoms with Gasteiger partial charge in [0.15, 0.2) is 0 Å². The second-order valence-electron chi connectivity index (χ2n) is 5.66. The van der Waals surface area contributed by atoms with E-state index >= 15 is 0 Å². The van der Waals surface area contributed by atoms with Crippen molar-refractivity contribution in [3.05, 3.63) is 59.1 Å². The summed E-state index contributed by atoms with van der Waals surface area (Å²) in [6.07, 6.45) is -4.62. The number of halogens is 4. The minimum atomic E-state index is -4.62. The molecule has 0 radical (unpaired) electrons. The van der Waals surface area contributed by atoms with Gasteiger partial charge in [0.05, 0.1) is 10.6 Å². The first-order valence-corrected chi connectivity index (χ1v) is 8.16. The first-order chi connectivity index (χ1) is 12.8. The Morgan fingerprint density at radius 2 is 1.89 bits per heavy atom. The van der Waals surface area contributed by atoms with Gasteiger partial charge >= 0.3 is 6.18 Å². The average molecular weight is 396 g/mol. The molecule has 3 rings (SSSR count). The summed E-state index contributed by atoms with van der Waals surface area (Å²) in [4.78, 5) is 13.4. The summed E-state index contributed by atoms with van der Waals surface area (Å²) >= 11 is 5.57. The fraction of sp³-hybridized carbons (Fsp3) is 0.176. The molecule has 0 bridgehead atoms. The van der Waals surface area contributed by atoms with E-state index in [-0.39, 0.29) is 5.69 Å². The summed E-state index contributed by atoms with van der Waals surface area (Å²) in [6, 6.07) is 11.3. The lowest BCUT2D eigenvalue weighted by Gasteiger charge is -2.14. The van der Waals surface area contributed by atoms with Gasteiger partial charge in [-0.1, -0.05) is 41.9 Å². The number of anilines is 1. The van der Waals surface area contributed by atoms with Crippen molar-refractivity contribution in [3.8, 4) is 11.4 Å². The van der Waals surface area contributed by atoms with E-state index in [4.69, 9.17) is 11.6 Å². The third kappa shape index (κ3) is 4.25. The molecule has 0 fully saturated rings. The van der Waals surface area contributed by atoms with Crippen LogP contribution in [0.5, 0.6) is 0 Å². The topological polar surface area (TPSA) is 72.7 Å². The van der Waals surface area contributed by atoms with Crippen LogP contribution in [-0.4, -0.2) is 26.1 Å². The molecule has 3 aromatic rings. The van der Waals surface area contributed by atoms with E-state index in [0.29, 0.717) is 5.82 Å². The molecule has 0 unspecified atom stereocenters. The summed E-state index contributed by atoms with van der Waals surface area (Å²) in [5.41, 5.74) is -0.337. The molecule has 140 valence electrons. The molecule has 0 aliphatic heterocycles. The van der Waals surface area contributed by atoms with Gasteiger partial charge in [0.25, 0.3) is 5.91 Å². The molecule has 1 heterocycles. The molecule has 0 aliphatic rings. The van der Waals surface area contributed by atoms with Gasteiger partial charge in [0, 0.05) is 11.3 Å². The zero-order valence-electron chi connectivity index (χ0n) is 13.9. The minimum Gasteiger partial charge on any atom is -0.324 e. The number of hydrogen-bond donors (Lipinski definition) is 1. The number of tetrazole rings is 1. The Morgan fingerprint density at radius 1 is 1.19 bits per heavy atom. The normalized spacial score (nSPS) is 12.6. The number of aromatic nitrogens is 4. The molecule has 1 amide bonds. The van der Waals surface area contributed by atoms with Crippen molar-refractivity contribution < 1.29 is 18.0 Å². The molecule has 0 spiro atoms. The maximum absolute atomic E-state index is 12.9. The summed E-state index contributed by atoms with van der Waals surface area (Å²) < 4.78 is 38.8. The first-order valence-electron chi connectivity index (χ1n) is 7.78. The molecule has 6 nitrogen and oxygen atoms in total. The van der Waals surface area contributed by atoms with Crippen molar-refractivity contribution in [1.29, 1.82) is 0 Å². The lowest BCUT2D eigenvalue weighted by atomic mass is 10.2. The van der Waals surface area contributed by atoms with Crippen molar-refractivity contribution in [2.24, 2.45) is 0 Å². The number of amides is 1. The SMILES string of the molecule is C[C@H](C(=O)Nc1ccc(Cl)c(C(F)(F)F)c1)n1nnc(-c2ccccc2)n1.